The van der Waals surface area contributed by atoms with E-state index in [4.69, 9.17) is 21.1 Å². The normalized spacial score (nSPS) is 11.0. The summed E-state index contributed by atoms with van der Waals surface area (Å²) in [5, 5.41) is 0.710. The lowest BCUT2D eigenvalue weighted by atomic mass is 10.2. The van der Waals surface area contributed by atoms with Crippen LogP contribution in [0.25, 0.3) is 0 Å². The molecule has 0 unspecified atom stereocenters. The van der Waals surface area contributed by atoms with Gasteiger partial charge in [-0.05, 0) is 91.5 Å². The standard InChI is InChI=1S/C21H16Br2ClNO2/c1-26-18-8-6-17(7-9-18)25-12-15-10-19(22)21(20(23)11-15)27-13-14-2-4-16(24)5-3-14/h2-12H,13H2,1H3. The molecule has 138 valence electrons. The van der Waals surface area contributed by atoms with Crippen molar-refractivity contribution in [2.75, 3.05) is 7.11 Å². The maximum Gasteiger partial charge on any atom is 0.148 e. The molecule has 27 heavy (non-hydrogen) atoms. The van der Waals surface area contributed by atoms with Gasteiger partial charge in [0.2, 0.25) is 0 Å². The van der Waals surface area contributed by atoms with Crippen LogP contribution >= 0.6 is 43.5 Å². The molecule has 0 heterocycles. The molecule has 0 bridgehead atoms. The Hall–Kier alpha value is -1.82. The molecule has 0 atom stereocenters. The van der Waals surface area contributed by atoms with Crippen molar-refractivity contribution in [1.29, 1.82) is 0 Å². The second-order valence-electron chi connectivity index (χ2n) is 5.69. The summed E-state index contributed by atoms with van der Waals surface area (Å²) >= 11 is 13.1. The lowest BCUT2D eigenvalue weighted by molar-refractivity contribution is 0.302. The first-order chi connectivity index (χ1) is 13.0. The van der Waals surface area contributed by atoms with Gasteiger partial charge in [-0.2, -0.15) is 0 Å². The molecule has 0 spiro atoms. The van der Waals surface area contributed by atoms with Crippen LogP contribution in [0.15, 0.2) is 74.6 Å². The van der Waals surface area contributed by atoms with Crippen LogP contribution in [0.5, 0.6) is 11.5 Å². The van der Waals surface area contributed by atoms with E-state index >= 15 is 0 Å². The van der Waals surface area contributed by atoms with Crippen LogP contribution in [-0.2, 0) is 6.61 Å². The van der Waals surface area contributed by atoms with Crippen LogP contribution in [-0.4, -0.2) is 13.3 Å². The van der Waals surface area contributed by atoms with Crippen LogP contribution in [0.3, 0.4) is 0 Å². The first-order valence-corrected chi connectivity index (χ1v) is 10.1. The van der Waals surface area contributed by atoms with Crippen molar-refractivity contribution >= 4 is 55.4 Å². The van der Waals surface area contributed by atoms with Gasteiger partial charge in [0.05, 0.1) is 21.7 Å². The number of aliphatic imine (C=N–C) groups is 1. The van der Waals surface area contributed by atoms with Crippen LogP contribution in [0.1, 0.15) is 11.1 Å². The third kappa shape index (κ3) is 5.58. The first kappa shape index (κ1) is 19.9. The number of rotatable bonds is 6. The minimum absolute atomic E-state index is 0.452. The van der Waals surface area contributed by atoms with Gasteiger partial charge in [-0.1, -0.05) is 23.7 Å². The molecule has 0 aliphatic rings. The van der Waals surface area contributed by atoms with E-state index < -0.39 is 0 Å². The third-order valence-electron chi connectivity index (χ3n) is 3.75. The quantitative estimate of drug-likeness (QED) is 0.329. The van der Waals surface area contributed by atoms with Crippen molar-refractivity contribution in [3.63, 3.8) is 0 Å². The summed E-state index contributed by atoms with van der Waals surface area (Å²) in [4.78, 5) is 4.49. The van der Waals surface area contributed by atoms with Crippen molar-refractivity contribution in [3.8, 4) is 11.5 Å². The zero-order chi connectivity index (χ0) is 19.2. The molecule has 3 aromatic rings. The molecule has 3 nitrogen and oxygen atoms in total. The molecule has 0 aromatic heterocycles. The smallest absolute Gasteiger partial charge is 0.148 e. The van der Waals surface area contributed by atoms with E-state index in [1.165, 1.54) is 0 Å². The van der Waals surface area contributed by atoms with Gasteiger partial charge >= 0.3 is 0 Å². The second kappa shape index (κ2) is 9.40. The second-order valence-corrected chi connectivity index (χ2v) is 7.83. The molecule has 0 saturated heterocycles. The topological polar surface area (TPSA) is 30.8 Å². The SMILES string of the molecule is COc1ccc(N=Cc2cc(Br)c(OCc3ccc(Cl)cc3)c(Br)c2)cc1. The average Bonchev–Trinajstić information content (AvgIpc) is 2.67. The van der Waals surface area contributed by atoms with Gasteiger partial charge in [-0.25, -0.2) is 0 Å². The highest BCUT2D eigenvalue weighted by Crippen LogP contribution is 2.35. The van der Waals surface area contributed by atoms with E-state index in [1.807, 2.05) is 60.7 Å². The molecule has 0 amide bonds. The predicted molar refractivity (Wildman–Crippen MR) is 118 cm³/mol. The number of nitrogens with zero attached hydrogens (tertiary/aromatic N) is 1. The van der Waals surface area contributed by atoms with Gasteiger partial charge in [0.1, 0.15) is 18.1 Å². The monoisotopic (exact) mass is 507 g/mol. The van der Waals surface area contributed by atoms with Crippen LogP contribution in [0.4, 0.5) is 5.69 Å². The fraction of sp³-hybridized carbons (Fsp3) is 0.0952. The minimum Gasteiger partial charge on any atom is -0.497 e. The maximum atomic E-state index is 5.94. The van der Waals surface area contributed by atoms with Crippen LogP contribution < -0.4 is 9.47 Å². The van der Waals surface area contributed by atoms with Crippen molar-refractivity contribution in [3.05, 3.63) is 85.8 Å². The number of hydrogen-bond donors (Lipinski definition) is 0. The van der Waals surface area contributed by atoms with Gasteiger partial charge in [0, 0.05) is 11.2 Å². The predicted octanol–water partition coefficient (Wildman–Crippen LogP) is 7.20. The lowest BCUT2D eigenvalue weighted by Crippen LogP contribution is -1.97. The van der Waals surface area contributed by atoms with E-state index in [9.17, 15) is 0 Å². The van der Waals surface area contributed by atoms with Gasteiger partial charge < -0.3 is 9.47 Å². The highest BCUT2D eigenvalue weighted by molar-refractivity contribution is 9.11. The third-order valence-corrected chi connectivity index (χ3v) is 5.18. The molecule has 0 N–H and O–H groups in total. The average molecular weight is 510 g/mol. The first-order valence-electron chi connectivity index (χ1n) is 8.09. The van der Waals surface area contributed by atoms with Gasteiger partial charge in [0.15, 0.2) is 0 Å². The highest BCUT2D eigenvalue weighted by atomic mass is 79.9. The Balaban J connectivity index is 1.71. The summed E-state index contributed by atoms with van der Waals surface area (Å²) in [5.74, 6) is 1.55. The van der Waals surface area contributed by atoms with E-state index in [-0.39, 0.29) is 0 Å². The molecule has 3 aromatic carbocycles. The lowest BCUT2D eigenvalue weighted by Gasteiger charge is -2.11. The Labute approximate surface area is 180 Å². The largest absolute Gasteiger partial charge is 0.497 e. The summed E-state index contributed by atoms with van der Waals surface area (Å²) in [6.45, 7) is 0.452. The van der Waals surface area contributed by atoms with E-state index in [0.29, 0.717) is 11.6 Å². The van der Waals surface area contributed by atoms with E-state index in [1.54, 1.807) is 13.3 Å². The molecule has 0 aliphatic carbocycles. The van der Waals surface area contributed by atoms with Crippen molar-refractivity contribution < 1.29 is 9.47 Å². The van der Waals surface area contributed by atoms with E-state index in [0.717, 1.165) is 37.3 Å². The Bertz CT molecular complexity index is 918. The highest BCUT2D eigenvalue weighted by Gasteiger charge is 2.09. The fourth-order valence-corrected chi connectivity index (χ4v) is 3.92. The number of benzene rings is 3. The Morgan fingerprint density at radius 1 is 0.963 bits per heavy atom. The Morgan fingerprint density at radius 3 is 2.19 bits per heavy atom. The molecule has 6 heteroatoms. The number of methoxy groups -OCH3 is 1. The van der Waals surface area contributed by atoms with Crippen molar-refractivity contribution in [2.24, 2.45) is 4.99 Å². The number of halogens is 3. The summed E-state index contributed by atoms with van der Waals surface area (Å²) in [7, 11) is 1.64. The minimum atomic E-state index is 0.452. The van der Waals surface area contributed by atoms with Gasteiger partial charge in [-0.15, -0.1) is 0 Å². The van der Waals surface area contributed by atoms with Gasteiger partial charge in [0.25, 0.3) is 0 Å². The Morgan fingerprint density at radius 2 is 1.59 bits per heavy atom. The molecular formula is C21H16Br2ClNO2. The van der Waals surface area contributed by atoms with Crippen molar-refractivity contribution in [1.82, 2.24) is 0 Å². The number of hydrogen-bond acceptors (Lipinski definition) is 3. The fourth-order valence-electron chi connectivity index (χ4n) is 2.35. The van der Waals surface area contributed by atoms with E-state index in [2.05, 4.69) is 36.9 Å². The van der Waals surface area contributed by atoms with Crippen LogP contribution in [0, 0.1) is 0 Å². The zero-order valence-corrected chi connectivity index (χ0v) is 18.4. The zero-order valence-electron chi connectivity index (χ0n) is 14.5. The molecule has 0 saturated carbocycles. The molecule has 0 aliphatic heterocycles. The molecular weight excluding hydrogens is 493 g/mol. The van der Waals surface area contributed by atoms with Crippen molar-refractivity contribution in [2.45, 2.75) is 6.61 Å². The summed E-state index contributed by atoms with van der Waals surface area (Å²) in [6.07, 6.45) is 1.81. The maximum absolute atomic E-state index is 5.94. The summed E-state index contributed by atoms with van der Waals surface area (Å²) < 4.78 is 12.8. The summed E-state index contributed by atoms with van der Waals surface area (Å²) in [5.41, 5.74) is 2.85. The van der Waals surface area contributed by atoms with Gasteiger partial charge in [-0.3, -0.25) is 4.99 Å². The number of ether oxygens (including phenoxy) is 2. The Kier molecular flexibility index (Phi) is 6.94. The molecule has 3 rings (SSSR count). The summed E-state index contributed by atoms with van der Waals surface area (Å²) in [6, 6.07) is 19.1. The molecule has 0 fully saturated rings. The molecule has 0 radical (unpaired) electrons. The van der Waals surface area contributed by atoms with Crippen LogP contribution in [0.2, 0.25) is 5.02 Å².